The highest BCUT2D eigenvalue weighted by atomic mass is 16.5. The van der Waals surface area contributed by atoms with Gasteiger partial charge in [-0.3, -0.25) is 4.79 Å². The number of aldehydes is 1. The summed E-state index contributed by atoms with van der Waals surface area (Å²) in [6, 6.07) is 0. The standard InChI is InChI=1S/C9H10O3/c1-2-12-9(11)8-4-3-7(5-8)6-10/h3,5-6H,2,4H2,1H3. The molecule has 1 rings (SSSR count). The molecular formula is C9H10O3. The number of allylic oxidation sites excluding steroid dienone is 3. The number of ether oxygens (including phenoxy) is 1. The maximum absolute atomic E-state index is 11.1. The van der Waals surface area contributed by atoms with Crippen LogP contribution in [-0.4, -0.2) is 18.9 Å². The highest BCUT2D eigenvalue weighted by Crippen LogP contribution is 2.16. The van der Waals surface area contributed by atoms with E-state index in [1.54, 1.807) is 19.1 Å². The number of hydrogen-bond acceptors (Lipinski definition) is 3. The summed E-state index contributed by atoms with van der Waals surface area (Å²) >= 11 is 0. The fraction of sp³-hybridized carbons (Fsp3) is 0.333. The van der Waals surface area contributed by atoms with Crippen molar-refractivity contribution in [2.75, 3.05) is 6.61 Å². The Hall–Kier alpha value is -1.38. The van der Waals surface area contributed by atoms with Crippen molar-refractivity contribution in [3.8, 4) is 0 Å². The summed E-state index contributed by atoms with van der Waals surface area (Å²) in [6.45, 7) is 2.12. The van der Waals surface area contributed by atoms with Crippen molar-refractivity contribution in [1.82, 2.24) is 0 Å². The van der Waals surface area contributed by atoms with Gasteiger partial charge in [0.2, 0.25) is 0 Å². The van der Waals surface area contributed by atoms with Gasteiger partial charge >= 0.3 is 5.97 Å². The summed E-state index contributed by atoms with van der Waals surface area (Å²) in [5, 5.41) is 0. The molecule has 0 fully saturated rings. The molecule has 0 N–H and O–H groups in total. The topological polar surface area (TPSA) is 43.4 Å². The summed E-state index contributed by atoms with van der Waals surface area (Å²) in [6.07, 6.45) is 4.50. The van der Waals surface area contributed by atoms with Crippen molar-refractivity contribution < 1.29 is 14.3 Å². The van der Waals surface area contributed by atoms with Crippen LogP contribution in [0.2, 0.25) is 0 Å². The Kier molecular flexibility index (Phi) is 2.80. The smallest absolute Gasteiger partial charge is 0.334 e. The van der Waals surface area contributed by atoms with Crippen LogP contribution < -0.4 is 0 Å². The summed E-state index contributed by atoms with van der Waals surface area (Å²) < 4.78 is 4.76. The van der Waals surface area contributed by atoms with E-state index in [0.29, 0.717) is 24.2 Å². The lowest BCUT2D eigenvalue weighted by Crippen LogP contribution is -2.05. The Morgan fingerprint density at radius 1 is 1.75 bits per heavy atom. The predicted octanol–water partition coefficient (Wildman–Crippen LogP) is 1.00. The normalized spacial score (nSPS) is 15.1. The number of rotatable bonds is 3. The lowest BCUT2D eigenvalue weighted by atomic mass is 10.2. The minimum atomic E-state index is -0.328. The molecule has 0 aliphatic heterocycles. The fourth-order valence-electron chi connectivity index (χ4n) is 0.995. The zero-order valence-electron chi connectivity index (χ0n) is 6.87. The highest BCUT2D eigenvalue weighted by Gasteiger charge is 2.14. The molecule has 0 spiro atoms. The second-order valence-corrected chi connectivity index (χ2v) is 2.42. The minimum absolute atomic E-state index is 0.328. The molecule has 0 heterocycles. The third kappa shape index (κ3) is 1.81. The van der Waals surface area contributed by atoms with Gasteiger partial charge in [0, 0.05) is 11.1 Å². The SMILES string of the molecule is CCOC(=O)C1=CC(C=O)=CC1. The van der Waals surface area contributed by atoms with Crippen LogP contribution in [0.3, 0.4) is 0 Å². The van der Waals surface area contributed by atoms with Gasteiger partial charge in [0.05, 0.1) is 6.61 Å². The summed E-state index contributed by atoms with van der Waals surface area (Å²) in [7, 11) is 0. The minimum Gasteiger partial charge on any atom is -0.463 e. The first-order valence-corrected chi connectivity index (χ1v) is 3.81. The molecule has 0 radical (unpaired) electrons. The largest absolute Gasteiger partial charge is 0.463 e. The highest BCUT2D eigenvalue weighted by molar-refractivity contribution is 5.94. The molecule has 0 atom stereocenters. The van der Waals surface area contributed by atoms with Crippen LogP contribution in [0.1, 0.15) is 13.3 Å². The summed E-state index contributed by atoms with van der Waals surface area (Å²) in [4.78, 5) is 21.3. The average Bonchev–Trinajstić information content (AvgIpc) is 2.52. The molecule has 0 aromatic carbocycles. The summed E-state index contributed by atoms with van der Waals surface area (Å²) in [5.41, 5.74) is 1.11. The molecule has 1 aliphatic rings. The average molecular weight is 166 g/mol. The van der Waals surface area contributed by atoms with Crippen molar-refractivity contribution in [3.05, 3.63) is 23.3 Å². The van der Waals surface area contributed by atoms with Crippen molar-refractivity contribution in [3.63, 3.8) is 0 Å². The van der Waals surface area contributed by atoms with Gasteiger partial charge in [-0.15, -0.1) is 0 Å². The first-order valence-electron chi connectivity index (χ1n) is 3.81. The van der Waals surface area contributed by atoms with E-state index < -0.39 is 0 Å². The van der Waals surface area contributed by atoms with E-state index >= 15 is 0 Å². The molecule has 1 aliphatic carbocycles. The molecule has 3 heteroatoms. The molecule has 0 bridgehead atoms. The van der Waals surface area contributed by atoms with Crippen LogP contribution in [0.25, 0.3) is 0 Å². The van der Waals surface area contributed by atoms with Gasteiger partial charge in [-0.05, 0) is 19.4 Å². The van der Waals surface area contributed by atoms with Crippen LogP contribution >= 0.6 is 0 Å². The lowest BCUT2D eigenvalue weighted by Gasteiger charge is -1.99. The zero-order valence-corrected chi connectivity index (χ0v) is 6.87. The van der Waals surface area contributed by atoms with Gasteiger partial charge in [0.15, 0.2) is 0 Å². The molecule has 0 unspecified atom stereocenters. The van der Waals surface area contributed by atoms with E-state index in [1.807, 2.05) is 0 Å². The molecular weight excluding hydrogens is 156 g/mol. The Morgan fingerprint density at radius 3 is 3.00 bits per heavy atom. The quantitative estimate of drug-likeness (QED) is 0.464. The Morgan fingerprint density at radius 2 is 2.50 bits per heavy atom. The number of hydrogen-bond donors (Lipinski definition) is 0. The lowest BCUT2D eigenvalue weighted by molar-refractivity contribution is -0.138. The van der Waals surface area contributed by atoms with Crippen LogP contribution in [-0.2, 0) is 14.3 Å². The van der Waals surface area contributed by atoms with E-state index in [2.05, 4.69) is 0 Å². The molecule has 0 aromatic rings. The second kappa shape index (κ2) is 3.85. The van der Waals surface area contributed by atoms with E-state index in [-0.39, 0.29) is 5.97 Å². The van der Waals surface area contributed by atoms with Crippen LogP contribution in [0.5, 0.6) is 0 Å². The van der Waals surface area contributed by atoms with Gasteiger partial charge < -0.3 is 4.74 Å². The number of carbonyl (C=O) groups is 2. The first kappa shape index (κ1) is 8.71. The second-order valence-electron chi connectivity index (χ2n) is 2.42. The number of carbonyl (C=O) groups excluding carboxylic acids is 2. The molecule has 0 aromatic heterocycles. The fourth-order valence-corrected chi connectivity index (χ4v) is 0.995. The maximum atomic E-state index is 11.1. The molecule has 0 saturated heterocycles. The van der Waals surface area contributed by atoms with Crippen LogP contribution in [0.4, 0.5) is 0 Å². The molecule has 3 nitrogen and oxygen atoms in total. The van der Waals surface area contributed by atoms with Crippen molar-refractivity contribution in [1.29, 1.82) is 0 Å². The van der Waals surface area contributed by atoms with Gasteiger partial charge in [0.25, 0.3) is 0 Å². The van der Waals surface area contributed by atoms with Gasteiger partial charge in [-0.25, -0.2) is 4.79 Å². The van der Waals surface area contributed by atoms with E-state index in [4.69, 9.17) is 4.74 Å². The summed E-state index contributed by atoms with van der Waals surface area (Å²) in [5.74, 6) is -0.328. The molecule has 12 heavy (non-hydrogen) atoms. The Labute approximate surface area is 70.7 Å². The Balaban J connectivity index is 2.58. The monoisotopic (exact) mass is 166 g/mol. The van der Waals surface area contributed by atoms with Crippen molar-refractivity contribution in [2.24, 2.45) is 0 Å². The van der Waals surface area contributed by atoms with E-state index in [1.165, 1.54) is 0 Å². The molecule has 0 amide bonds. The van der Waals surface area contributed by atoms with Gasteiger partial charge in [0.1, 0.15) is 6.29 Å². The van der Waals surface area contributed by atoms with E-state index in [0.717, 1.165) is 6.29 Å². The molecule has 64 valence electrons. The van der Waals surface area contributed by atoms with Gasteiger partial charge in [-0.2, -0.15) is 0 Å². The van der Waals surface area contributed by atoms with Crippen molar-refractivity contribution >= 4 is 12.3 Å². The number of esters is 1. The van der Waals surface area contributed by atoms with E-state index in [9.17, 15) is 9.59 Å². The predicted molar refractivity (Wildman–Crippen MR) is 43.5 cm³/mol. The Bertz CT molecular complexity index is 261. The molecule has 0 saturated carbocycles. The maximum Gasteiger partial charge on any atom is 0.334 e. The van der Waals surface area contributed by atoms with Gasteiger partial charge in [-0.1, -0.05) is 6.08 Å². The third-order valence-electron chi connectivity index (χ3n) is 1.57. The third-order valence-corrected chi connectivity index (χ3v) is 1.57. The van der Waals surface area contributed by atoms with Crippen molar-refractivity contribution in [2.45, 2.75) is 13.3 Å². The first-order chi connectivity index (χ1) is 5.77. The zero-order chi connectivity index (χ0) is 8.97. The van der Waals surface area contributed by atoms with Crippen LogP contribution in [0.15, 0.2) is 23.3 Å². The van der Waals surface area contributed by atoms with Crippen LogP contribution in [0, 0.1) is 0 Å².